The van der Waals surface area contributed by atoms with E-state index in [4.69, 9.17) is 5.14 Å². The Hall–Kier alpha value is -1.47. The van der Waals surface area contributed by atoms with E-state index in [1.54, 1.807) is 6.92 Å². The quantitative estimate of drug-likeness (QED) is 0.827. The normalized spacial score (nSPS) is 11.2. The minimum absolute atomic E-state index is 0.191. The summed E-state index contributed by atoms with van der Waals surface area (Å²) in [6, 6.07) is 3.19. The molecule has 0 aliphatic carbocycles. The Bertz CT molecular complexity index is 513. The lowest BCUT2D eigenvalue weighted by Gasteiger charge is -2.05. The summed E-state index contributed by atoms with van der Waals surface area (Å²) in [7, 11) is -4.07. The van der Waals surface area contributed by atoms with Crippen molar-refractivity contribution in [3.05, 3.63) is 24.0 Å². The Balaban J connectivity index is 3.05. The molecule has 0 radical (unpaired) electrons. The minimum atomic E-state index is -4.07. The van der Waals surface area contributed by atoms with Crippen molar-refractivity contribution in [1.82, 2.24) is 0 Å². The van der Waals surface area contributed by atoms with E-state index in [2.05, 4.69) is 5.32 Å². The summed E-state index contributed by atoms with van der Waals surface area (Å²) < 4.78 is 35.1. The molecule has 88 valence electrons. The molecule has 0 fully saturated rings. The maximum absolute atomic E-state index is 13.3. The molecule has 1 amide bonds. The zero-order valence-corrected chi connectivity index (χ0v) is 9.34. The number of carbonyl (C=O) groups is 1. The topological polar surface area (TPSA) is 89.3 Å². The molecule has 0 unspecified atom stereocenters. The van der Waals surface area contributed by atoms with E-state index in [9.17, 15) is 17.6 Å². The number of hydrogen-bond acceptors (Lipinski definition) is 3. The lowest BCUT2D eigenvalue weighted by molar-refractivity contribution is -0.115. The summed E-state index contributed by atoms with van der Waals surface area (Å²) in [4.78, 5) is 10.4. The number of anilines is 1. The smallest absolute Gasteiger partial charge is 0.240 e. The summed E-state index contributed by atoms with van der Waals surface area (Å²) in [5.41, 5.74) is 0.191. The average molecular weight is 246 g/mol. The first kappa shape index (κ1) is 12.6. The molecule has 3 N–H and O–H groups in total. The van der Waals surface area contributed by atoms with Crippen LogP contribution in [0.3, 0.4) is 0 Å². The van der Waals surface area contributed by atoms with Crippen molar-refractivity contribution in [2.24, 2.45) is 5.14 Å². The van der Waals surface area contributed by atoms with E-state index in [0.29, 0.717) is 0 Å². The molecule has 0 aliphatic rings. The van der Waals surface area contributed by atoms with E-state index in [-0.39, 0.29) is 18.0 Å². The monoisotopic (exact) mass is 246 g/mol. The fraction of sp³-hybridized carbons (Fsp3) is 0.222. The standard InChI is InChI=1S/C9H11FN2O3S/c1-2-9(13)12-6-3-4-8(7(10)5-6)16(11,14)15/h3-5H,2H2,1H3,(H,12,13)(H2,11,14,15). The molecule has 1 aromatic rings. The first-order chi connectivity index (χ1) is 7.34. The van der Waals surface area contributed by atoms with E-state index in [1.807, 2.05) is 0 Å². The molecule has 0 saturated heterocycles. The molecule has 0 bridgehead atoms. The highest BCUT2D eigenvalue weighted by molar-refractivity contribution is 7.89. The molecular weight excluding hydrogens is 235 g/mol. The van der Waals surface area contributed by atoms with E-state index in [1.165, 1.54) is 6.07 Å². The van der Waals surface area contributed by atoms with Gasteiger partial charge in [0.2, 0.25) is 15.9 Å². The predicted octanol–water partition coefficient (Wildman–Crippen LogP) is 0.822. The molecule has 5 nitrogen and oxygen atoms in total. The van der Waals surface area contributed by atoms with Crippen LogP contribution in [0, 0.1) is 5.82 Å². The molecule has 0 aliphatic heterocycles. The van der Waals surface area contributed by atoms with Gasteiger partial charge >= 0.3 is 0 Å². The lowest BCUT2D eigenvalue weighted by atomic mass is 10.3. The van der Waals surface area contributed by atoms with Crippen molar-refractivity contribution in [3.8, 4) is 0 Å². The Morgan fingerprint density at radius 3 is 2.56 bits per heavy atom. The van der Waals surface area contributed by atoms with Crippen molar-refractivity contribution >= 4 is 21.6 Å². The van der Waals surface area contributed by atoms with Crippen LogP contribution in [0.1, 0.15) is 13.3 Å². The van der Waals surface area contributed by atoms with E-state index in [0.717, 1.165) is 12.1 Å². The van der Waals surface area contributed by atoms with Gasteiger partial charge in [-0.15, -0.1) is 0 Å². The highest BCUT2D eigenvalue weighted by Gasteiger charge is 2.14. The van der Waals surface area contributed by atoms with Crippen LogP contribution in [0.5, 0.6) is 0 Å². The number of primary sulfonamides is 1. The van der Waals surface area contributed by atoms with Crippen molar-refractivity contribution in [1.29, 1.82) is 0 Å². The van der Waals surface area contributed by atoms with Gasteiger partial charge in [-0.1, -0.05) is 6.92 Å². The molecular formula is C9H11FN2O3S. The second-order valence-corrected chi connectivity index (χ2v) is 4.62. The number of nitrogens with one attached hydrogen (secondary N) is 1. The third-order valence-corrected chi connectivity index (χ3v) is 2.79. The number of halogens is 1. The zero-order chi connectivity index (χ0) is 12.3. The van der Waals surface area contributed by atoms with Gasteiger partial charge in [0.15, 0.2) is 0 Å². The highest BCUT2D eigenvalue weighted by atomic mass is 32.2. The van der Waals surface area contributed by atoms with Crippen molar-refractivity contribution in [2.45, 2.75) is 18.2 Å². The fourth-order valence-electron chi connectivity index (χ4n) is 1.06. The van der Waals surface area contributed by atoms with E-state index >= 15 is 0 Å². The van der Waals surface area contributed by atoms with Gasteiger partial charge in [-0.3, -0.25) is 4.79 Å². The lowest BCUT2D eigenvalue weighted by Crippen LogP contribution is -2.15. The molecule has 1 rings (SSSR count). The van der Waals surface area contributed by atoms with Crippen LogP contribution < -0.4 is 10.5 Å². The summed E-state index contributed by atoms with van der Waals surface area (Å²) in [5.74, 6) is -1.28. The molecule has 7 heteroatoms. The first-order valence-electron chi connectivity index (χ1n) is 4.46. The summed E-state index contributed by atoms with van der Waals surface area (Å²) in [6.07, 6.45) is 0.249. The third-order valence-electron chi connectivity index (χ3n) is 1.84. The van der Waals surface area contributed by atoms with Gasteiger partial charge in [0.1, 0.15) is 10.7 Å². The number of hydrogen-bond donors (Lipinski definition) is 2. The summed E-state index contributed by atoms with van der Waals surface area (Å²) in [6.45, 7) is 1.64. The van der Waals surface area contributed by atoms with Gasteiger partial charge in [0.25, 0.3) is 0 Å². The Labute approximate surface area is 92.5 Å². The molecule has 16 heavy (non-hydrogen) atoms. The first-order valence-corrected chi connectivity index (χ1v) is 6.01. The van der Waals surface area contributed by atoms with Crippen LogP contribution in [-0.2, 0) is 14.8 Å². The Morgan fingerprint density at radius 2 is 2.12 bits per heavy atom. The number of carbonyl (C=O) groups excluding carboxylic acids is 1. The van der Waals surface area contributed by atoms with Crippen LogP contribution >= 0.6 is 0 Å². The zero-order valence-electron chi connectivity index (χ0n) is 8.53. The van der Waals surface area contributed by atoms with Crippen LogP contribution in [0.25, 0.3) is 0 Å². The van der Waals surface area contributed by atoms with Crippen molar-refractivity contribution in [3.63, 3.8) is 0 Å². The number of rotatable bonds is 3. The second kappa shape index (κ2) is 4.58. The van der Waals surface area contributed by atoms with Crippen LogP contribution in [0.15, 0.2) is 23.1 Å². The number of benzene rings is 1. The highest BCUT2D eigenvalue weighted by Crippen LogP contribution is 2.17. The van der Waals surface area contributed by atoms with Crippen molar-refractivity contribution in [2.75, 3.05) is 5.32 Å². The molecule has 0 aromatic heterocycles. The van der Waals surface area contributed by atoms with Gasteiger partial charge in [0.05, 0.1) is 0 Å². The Morgan fingerprint density at radius 1 is 1.50 bits per heavy atom. The van der Waals surface area contributed by atoms with Crippen molar-refractivity contribution < 1.29 is 17.6 Å². The molecule has 0 saturated carbocycles. The summed E-state index contributed by atoms with van der Waals surface area (Å²) >= 11 is 0. The molecule has 0 heterocycles. The van der Waals surface area contributed by atoms with Gasteiger partial charge < -0.3 is 5.32 Å². The number of amides is 1. The predicted molar refractivity (Wildman–Crippen MR) is 56.7 cm³/mol. The van der Waals surface area contributed by atoms with Crippen LogP contribution in [0.2, 0.25) is 0 Å². The van der Waals surface area contributed by atoms with Crippen LogP contribution in [0.4, 0.5) is 10.1 Å². The van der Waals surface area contributed by atoms with Gasteiger partial charge in [0, 0.05) is 12.1 Å². The maximum Gasteiger partial charge on any atom is 0.240 e. The minimum Gasteiger partial charge on any atom is -0.326 e. The SMILES string of the molecule is CCC(=O)Nc1ccc(S(N)(=O)=O)c(F)c1. The van der Waals surface area contributed by atoms with Gasteiger partial charge in [-0.25, -0.2) is 17.9 Å². The average Bonchev–Trinajstić information content (AvgIpc) is 2.15. The largest absolute Gasteiger partial charge is 0.326 e. The maximum atomic E-state index is 13.3. The number of nitrogens with two attached hydrogens (primary N) is 1. The molecule has 1 aromatic carbocycles. The Kier molecular flexibility index (Phi) is 3.61. The van der Waals surface area contributed by atoms with Gasteiger partial charge in [-0.2, -0.15) is 0 Å². The number of sulfonamides is 1. The molecule has 0 spiro atoms. The van der Waals surface area contributed by atoms with Gasteiger partial charge in [-0.05, 0) is 18.2 Å². The molecule has 0 atom stereocenters. The fourth-order valence-corrected chi connectivity index (χ4v) is 1.65. The second-order valence-electron chi connectivity index (χ2n) is 3.09. The third kappa shape index (κ3) is 3.01. The summed E-state index contributed by atoms with van der Waals surface area (Å²) in [5, 5.41) is 7.18. The van der Waals surface area contributed by atoms with Crippen LogP contribution in [-0.4, -0.2) is 14.3 Å². The van der Waals surface area contributed by atoms with E-state index < -0.39 is 20.7 Å².